The molecule has 1 unspecified atom stereocenters. The molecule has 3 nitrogen and oxygen atoms in total. The first-order valence-corrected chi connectivity index (χ1v) is 6.94. The molecule has 0 saturated heterocycles. The maximum absolute atomic E-state index is 13.9. The quantitative estimate of drug-likeness (QED) is 0.794. The summed E-state index contributed by atoms with van der Waals surface area (Å²) in [5.41, 5.74) is 1.30. The molecule has 108 valence electrons. The van der Waals surface area contributed by atoms with E-state index >= 15 is 0 Å². The van der Waals surface area contributed by atoms with E-state index < -0.39 is 0 Å². The smallest absolute Gasteiger partial charge is 0.210 e. The Kier molecular flexibility index (Phi) is 3.80. The molecule has 0 saturated carbocycles. The summed E-state index contributed by atoms with van der Waals surface area (Å²) >= 11 is 5.88. The molecule has 0 aliphatic carbocycles. The predicted octanol–water partition coefficient (Wildman–Crippen LogP) is 3.57. The van der Waals surface area contributed by atoms with Crippen molar-refractivity contribution < 1.29 is 13.9 Å². The molecule has 1 aliphatic rings. The summed E-state index contributed by atoms with van der Waals surface area (Å²) in [7, 11) is 0. The first kappa shape index (κ1) is 13.9. The Bertz CT molecular complexity index is 660. The van der Waals surface area contributed by atoms with Crippen LogP contribution < -0.4 is 4.74 Å². The molecule has 0 spiro atoms. The maximum Gasteiger partial charge on any atom is 0.210 e. The van der Waals surface area contributed by atoms with E-state index in [0.29, 0.717) is 29.3 Å². The second-order valence-electron chi connectivity index (χ2n) is 4.91. The molecule has 0 fully saturated rings. The third kappa shape index (κ3) is 2.85. The zero-order valence-electron chi connectivity index (χ0n) is 11.1. The zero-order valence-corrected chi connectivity index (χ0v) is 11.9. The van der Waals surface area contributed by atoms with E-state index in [0.717, 1.165) is 5.56 Å². The van der Waals surface area contributed by atoms with Gasteiger partial charge < -0.3 is 9.64 Å². The lowest BCUT2D eigenvalue weighted by Crippen LogP contribution is -2.26. The predicted molar refractivity (Wildman–Crippen MR) is 77.7 cm³/mol. The number of rotatable bonds is 2. The molecule has 3 rings (SSSR count). The van der Waals surface area contributed by atoms with Gasteiger partial charge in [0, 0.05) is 10.6 Å². The lowest BCUT2D eigenvalue weighted by molar-refractivity contribution is -0.119. The first-order valence-electron chi connectivity index (χ1n) is 6.56. The molecule has 1 aliphatic heterocycles. The molecule has 2 aromatic carbocycles. The molecule has 1 atom stereocenters. The number of halogens is 2. The van der Waals surface area contributed by atoms with Gasteiger partial charge in [-0.2, -0.15) is 0 Å². The van der Waals surface area contributed by atoms with Crippen LogP contribution in [-0.4, -0.2) is 17.9 Å². The third-order valence-corrected chi connectivity index (χ3v) is 3.75. The molecule has 1 heterocycles. The molecular formula is C16H13ClFNO2. The van der Waals surface area contributed by atoms with E-state index in [-0.39, 0.29) is 18.5 Å². The Hall–Kier alpha value is -2.07. The fourth-order valence-corrected chi connectivity index (χ4v) is 2.53. The molecule has 21 heavy (non-hydrogen) atoms. The van der Waals surface area contributed by atoms with Crippen LogP contribution in [-0.2, 0) is 11.3 Å². The van der Waals surface area contributed by atoms with Crippen molar-refractivity contribution in [2.45, 2.75) is 12.6 Å². The van der Waals surface area contributed by atoms with Crippen molar-refractivity contribution in [1.29, 1.82) is 0 Å². The second kappa shape index (κ2) is 5.74. The first-order chi connectivity index (χ1) is 10.2. The van der Waals surface area contributed by atoms with E-state index in [1.54, 1.807) is 24.3 Å². The summed E-state index contributed by atoms with van der Waals surface area (Å²) in [4.78, 5) is 12.7. The van der Waals surface area contributed by atoms with Crippen molar-refractivity contribution in [3.63, 3.8) is 0 Å². The maximum atomic E-state index is 13.9. The summed E-state index contributed by atoms with van der Waals surface area (Å²) in [5, 5.41) is 0.631. The Labute approximate surface area is 126 Å². The third-order valence-electron chi connectivity index (χ3n) is 3.50. The zero-order chi connectivity index (χ0) is 14.8. The number of carbonyl (C=O) groups is 1. The van der Waals surface area contributed by atoms with E-state index in [2.05, 4.69) is 0 Å². The Morgan fingerprint density at radius 1 is 1.24 bits per heavy atom. The standard InChI is InChI=1S/C16H13ClFNO2/c17-12-6-4-11(5-7-12)16-9-19(10-20)8-13-14(18)2-1-3-15(13)21-16/h1-7,10,16H,8-9H2. The monoisotopic (exact) mass is 305 g/mol. The van der Waals surface area contributed by atoms with Crippen molar-refractivity contribution in [3.8, 4) is 5.75 Å². The van der Waals surface area contributed by atoms with Gasteiger partial charge in [-0.05, 0) is 29.8 Å². The summed E-state index contributed by atoms with van der Waals surface area (Å²) in [6, 6.07) is 11.9. The van der Waals surface area contributed by atoms with Crippen LogP contribution in [0.15, 0.2) is 42.5 Å². The molecular weight excluding hydrogens is 293 g/mol. The van der Waals surface area contributed by atoms with Gasteiger partial charge in [0.05, 0.1) is 13.1 Å². The Balaban J connectivity index is 1.99. The van der Waals surface area contributed by atoms with Crippen LogP contribution in [0, 0.1) is 5.82 Å². The van der Waals surface area contributed by atoms with Gasteiger partial charge in [-0.25, -0.2) is 4.39 Å². The molecule has 0 bridgehead atoms. The van der Waals surface area contributed by atoms with E-state index in [1.807, 2.05) is 12.1 Å². The molecule has 0 aromatic heterocycles. The fourth-order valence-electron chi connectivity index (χ4n) is 2.41. The molecule has 2 aromatic rings. The van der Waals surface area contributed by atoms with Crippen LogP contribution >= 0.6 is 11.6 Å². The number of hydrogen-bond donors (Lipinski definition) is 0. The lowest BCUT2D eigenvalue weighted by Gasteiger charge is -2.21. The van der Waals surface area contributed by atoms with Crippen molar-refractivity contribution in [3.05, 3.63) is 64.4 Å². The van der Waals surface area contributed by atoms with Gasteiger partial charge in [-0.1, -0.05) is 29.8 Å². The van der Waals surface area contributed by atoms with E-state index in [1.165, 1.54) is 11.0 Å². The van der Waals surface area contributed by atoms with Gasteiger partial charge in [0.15, 0.2) is 0 Å². The van der Waals surface area contributed by atoms with Crippen LogP contribution in [0.4, 0.5) is 4.39 Å². The minimum absolute atomic E-state index is 0.204. The van der Waals surface area contributed by atoms with Crippen LogP contribution in [0.5, 0.6) is 5.75 Å². The van der Waals surface area contributed by atoms with Crippen molar-refractivity contribution in [2.24, 2.45) is 0 Å². The SMILES string of the molecule is O=CN1Cc2c(F)cccc2OC(c2ccc(Cl)cc2)C1. The summed E-state index contributed by atoms with van der Waals surface area (Å²) in [6.45, 7) is 0.564. The summed E-state index contributed by atoms with van der Waals surface area (Å²) in [5.74, 6) is 0.107. The van der Waals surface area contributed by atoms with Crippen LogP contribution in [0.3, 0.4) is 0 Å². The normalized spacial score (nSPS) is 17.6. The molecule has 0 N–H and O–H groups in total. The number of amides is 1. The second-order valence-corrected chi connectivity index (χ2v) is 5.35. The minimum Gasteiger partial charge on any atom is -0.483 e. The highest BCUT2D eigenvalue weighted by atomic mass is 35.5. The van der Waals surface area contributed by atoms with Crippen molar-refractivity contribution >= 4 is 18.0 Å². The average Bonchev–Trinajstić information content (AvgIpc) is 2.68. The van der Waals surface area contributed by atoms with Gasteiger partial charge in [-0.15, -0.1) is 0 Å². The fraction of sp³-hybridized carbons (Fsp3) is 0.188. The number of nitrogens with zero attached hydrogens (tertiary/aromatic N) is 1. The molecule has 0 radical (unpaired) electrons. The average molecular weight is 306 g/mol. The van der Waals surface area contributed by atoms with Crippen molar-refractivity contribution in [2.75, 3.05) is 6.54 Å². The van der Waals surface area contributed by atoms with Crippen LogP contribution in [0.1, 0.15) is 17.2 Å². The van der Waals surface area contributed by atoms with Gasteiger partial charge >= 0.3 is 0 Å². The highest BCUT2D eigenvalue weighted by Gasteiger charge is 2.25. The number of benzene rings is 2. The number of carbonyl (C=O) groups excluding carboxylic acids is 1. The lowest BCUT2D eigenvalue weighted by atomic mass is 10.1. The highest BCUT2D eigenvalue weighted by molar-refractivity contribution is 6.30. The van der Waals surface area contributed by atoms with E-state index in [9.17, 15) is 9.18 Å². The Morgan fingerprint density at radius 3 is 2.71 bits per heavy atom. The number of ether oxygens (including phenoxy) is 1. The van der Waals surface area contributed by atoms with E-state index in [4.69, 9.17) is 16.3 Å². The van der Waals surface area contributed by atoms with Crippen LogP contribution in [0.25, 0.3) is 0 Å². The summed E-state index contributed by atoms with van der Waals surface area (Å²) in [6.07, 6.45) is 0.365. The number of hydrogen-bond acceptors (Lipinski definition) is 2. The van der Waals surface area contributed by atoms with Gasteiger partial charge in [0.1, 0.15) is 17.7 Å². The molecule has 1 amide bonds. The van der Waals surface area contributed by atoms with Gasteiger partial charge in [0.2, 0.25) is 6.41 Å². The Morgan fingerprint density at radius 2 is 2.00 bits per heavy atom. The van der Waals surface area contributed by atoms with Crippen LogP contribution in [0.2, 0.25) is 5.02 Å². The topological polar surface area (TPSA) is 29.5 Å². The molecule has 5 heteroatoms. The van der Waals surface area contributed by atoms with Crippen molar-refractivity contribution in [1.82, 2.24) is 4.90 Å². The van der Waals surface area contributed by atoms with Gasteiger partial charge in [-0.3, -0.25) is 4.79 Å². The minimum atomic E-state index is -0.365. The summed E-state index contributed by atoms with van der Waals surface area (Å²) < 4.78 is 19.8. The number of fused-ring (bicyclic) bond motifs is 1. The highest BCUT2D eigenvalue weighted by Crippen LogP contribution is 2.32. The largest absolute Gasteiger partial charge is 0.483 e. The van der Waals surface area contributed by atoms with Gasteiger partial charge in [0.25, 0.3) is 0 Å².